The summed E-state index contributed by atoms with van der Waals surface area (Å²) < 4.78 is 16.4. The standard InChI is InChI=1S/C25H23ClN4O4/c1-17-10-20(15-32-2)23(12-27)25(29-17)34-16-24(31)30-28-13-19-4-3-5-22(11-19)33-14-18-6-8-21(26)9-7-18/h3-11,13H,14-16H2,1-2H3,(H,30,31)/b28-13-. The minimum absolute atomic E-state index is 0.0826. The van der Waals surface area contributed by atoms with Gasteiger partial charge in [-0.3, -0.25) is 4.79 Å². The van der Waals surface area contributed by atoms with E-state index in [-0.39, 0.29) is 24.7 Å². The first-order valence-corrected chi connectivity index (χ1v) is 10.7. The van der Waals surface area contributed by atoms with Crippen molar-refractivity contribution in [2.45, 2.75) is 20.1 Å². The van der Waals surface area contributed by atoms with E-state index in [4.69, 9.17) is 25.8 Å². The van der Waals surface area contributed by atoms with Crippen LogP contribution in [0.25, 0.3) is 0 Å². The number of hydrogen-bond donors (Lipinski definition) is 1. The zero-order valence-corrected chi connectivity index (χ0v) is 19.5. The van der Waals surface area contributed by atoms with E-state index in [0.717, 1.165) is 11.1 Å². The molecule has 0 aliphatic carbocycles. The Morgan fingerprint density at radius 3 is 2.71 bits per heavy atom. The number of hydrogen-bond acceptors (Lipinski definition) is 7. The third-order valence-electron chi connectivity index (χ3n) is 4.53. The van der Waals surface area contributed by atoms with E-state index >= 15 is 0 Å². The van der Waals surface area contributed by atoms with E-state index < -0.39 is 5.91 Å². The van der Waals surface area contributed by atoms with Crippen molar-refractivity contribution >= 4 is 23.7 Å². The number of amides is 1. The van der Waals surface area contributed by atoms with Gasteiger partial charge in [-0.1, -0.05) is 35.9 Å². The highest BCUT2D eigenvalue weighted by molar-refractivity contribution is 6.30. The molecule has 3 aromatic rings. The largest absolute Gasteiger partial charge is 0.489 e. The zero-order valence-electron chi connectivity index (χ0n) is 18.7. The molecule has 1 amide bonds. The van der Waals surface area contributed by atoms with Crippen LogP contribution >= 0.6 is 11.6 Å². The maximum atomic E-state index is 12.1. The number of ether oxygens (including phenoxy) is 3. The fraction of sp³-hybridized carbons (Fsp3) is 0.200. The Kier molecular flexibility index (Phi) is 8.97. The Morgan fingerprint density at radius 2 is 1.97 bits per heavy atom. The van der Waals surface area contributed by atoms with Gasteiger partial charge >= 0.3 is 0 Å². The lowest BCUT2D eigenvalue weighted by Crippen LogP contribution is -2.25. The number of hydrazone groups is 1. The Hall–Kier alpha value is -3.93. The molecule has 0 unspecified atom stereocenters. The molecule has 0 radical (unpaired) electrons. The number of methoxy groups -OCH3 is 1. The van der Waals surface area contributed by atoms with Gasteiger partial charge < -0.3 is 14.2 Å². The lowest BCUT2D eigenvalue weighted by atomic mass is 10.1. The fourth-order valence-corrected chi connectivity index (χ4v) is 3.11. The summed E-state index contributed by atoms with van der Waals surface area (Å²) in [6.07, 6.45) is 1.50. The molecule has 174 valence electrons. The van der Waals surface area contributed by atoms with E-state index in [2.05, 4.69) is 15.5 Å². The fourth-order valence-electron chi connectivity index (χ4n) is 2.98. The van der Waals surface area contributed by atoms with Crippen LogP contribution < -0.4 is 14.9 Å². The molecular formula is C25H23ClN4O4. The number of halogens is 1. The predicted octanol–water partition coefficient (Wildman–Crippen LogP) is 4.17. The molecule has 34 heavy (non-hydrogen) atoms. The maximum Gasteiger partial charge on any atom is 0.278 e. The molecule has 0 atom stereocenters. The van der Waals surface area contributed by atoms with Crippen molar-refractivity contribution in [1.82, 2.24) is 10.4 Å². The third-order valence-corrected chi connectivity index (χ3v) is 4.78. The van der Waals surface area contributed by atoms with Crippen LogP contribution in [0.5, 0.6) is 11.6 Å². The molecule has 0 aliphatic heterocycles. The SMILES string of the molecule is COCc1cc(C)nc(OCC(=O)N/N=C\c2cccc(OCc3ccc(Cl)cc3)c2)c1C#N. The summed E-state index contributed by atoms with van der Waals surface area (Å²) in [4.78, 5) is 16.3. The summed E-state index contributed by atoms with van der Waals surface area (Å²) in [5.41, 5.74) is 5.66. The van der Waals surface area contributed by atoms with Crippen molar-refractivity contribution in [2.75, 3.05) is 13.7 Å². The molecule has 1 N–H and O–H groups in total. The Balaban J connectivity index is 1.53. The summed E-state index contributed by atoms with van der Waals surface area (Å²) in [5, 5.41) is 14.0. The lowest BCUT2D eigenvalue weighted by molar-refractivity contribution is -0.123. The van der Waals surface area contributed by atoms with Crippen molar-refractivity contribution in [3.05, 3.63) is 87.6 Å². The van der Waals surface area contributed by atoms with Crippen LogP contribution in [-0.4, -0.2) is 30.8 Å². The number of nitrogens with one attached hydrogen (secondary N) is 1. The van der Waals surface area contributed by atoms with Crippen molar-refractivity contribution in [1.29, 1.82) is 5.26 Å². The van der Waals surface area contributed by atoms with Crippen molar-refractivity contribution in [3.8, 4) is 17.7 Å². The number of nitriles is 1. The molecular weight excluding hydrogens is 456 g/mol. The van der Waals surface area contributed by atoms with E-state index in [0.29, 0.717) is 28.6 Å². The second kappa shape index (κ2) is 12.3. The average molecular weight is 479 g/mol. The quantitative estimate of drug-likeness (QED) is 0.346. The first-order chi connectivity index (χ1) is 16.5. The maximum absolute atomic E-state index is 12.1. The molecule has 0 fully saturated rings. The van der Waals surface area contributed by atoms with Crippen LogP contribution in [0.2, 0.25) is 5.02 Å². The van der Waals surface area contributed by atoms with Gasteiger partial charge in [-0.25, -0.2) is 10.4 Å². The number of benzene rings is 2. The van der Waals surface area contributed by atoms with E-state index in [1.807, 2.05) is 48.5 Å². The molecule has 1 heterocycles. The monoisotopic (exact) mass is 478 g/mol. The third kappa shape index (κ3) is 7.30. The summed E-state index contributed by atoms with van der Waals surface area (Å²) in [7, 11) is 1.53. The second-order valence-electron chi connectivity index (χ2n) is 7.22. The van der Waals surface area contributed by atoms with Gasteiger partial charge in [0.15, 0.2) is 6.61 Å². The number of carbonyl (C=O) groups excluding carboxylic acids is 1. The molecule has 0 bridgehead atoms. The van der Waals surface area contributed by atoms with Crippen LogP contribution in [0.3, 0.4) is 0 Å². The molecule has 2 aromatic carbocycles. The van der Waals surface area contributed by atoms with E-state index in [1.165, 1.54) is 13.3 Å². The molecule has 3 rings (SSSR count). The molecule has 9 heteroatoms. The normalized spacial score (nSPS) is 10.6. The summed E-state index contributed by atoms with van der Waals surface area (Å²) in [5.74, 6) is 0.251. The summed E-state index contributed by atoms with van der Waals surface area (Å²) in [6.45, 7) is 2.06. The van der Waals surface area contributed by atoms with Gasteiger partial charge in [-0.15, -0.1) is 0 Å². The van der Waals surface area contributed by atoms with Crippen molar-refractivity contribution < 1.29 is 19.0 Å². The van der Waals surface area contributed by atoms with Crippen LogP contribution in [0, 0.1) is 18.3 Å². The number of rotatable bonds is 10. The molecule has 1 aromatic heterocycles. The van der Waals surface area contributed by atoms with Crippen LogP contribution in [0.4, 0.5) is 0 Å². The number of aromatic nitrogens is 1. The first kappa shape index (κ1) is 24.7. The van der Waals surface area contributed by atoms with Crippen LogP contribution in [0.15, 0.2) is 59.7 Å². The van der Waals surface area contributed by atoms with E-state index in [1.54, 1.807) is 19.1 Å². The molecule has 0 saturated heterocycles. The summed E-state index contributed by atoms with van der Waals surface area (Å²) >= 11 is 5.90. The molecule has 0 saturated carbocycles. The van der Waals surface area contributed by atoms with Crippen molar-refractivity contribution in [3.63, 3.8) is 0 Å². The first-order valence-electron chi connectivity index (χ1n) is 10.3. The minimum atomic E-state index is -0.494. The molecule has 0 aliphatic rings. The van der Waals surface area contributed by atoms with E-state index in [9.17, 15) is 10.1 Å². The topological polar surface area (TPSA) is 106 Å². The van der Waals surface area contributed by atoms with Gasteiger partial charge in [-0.05, 0) is 48.4 Å². The van der Waals surface area contributed by atoms with Gasteiger partial charge in [0.05, 0.1) is 12.8 Å². The second-order valence-corrected chi connectivity index (χ2v) is 7.65. The van der Waals surface area contributed by atoms with Gasteiger partial charge in [0.1, 0.15) is 24.0 Å². The smallest absolute Gasteiger partial charge is 0.278 e. The highest BCUT2D eigenvalue weighted by Crippen LogP contribution is 2.21. The lowest BCUT2D eigenvalue weighted by Gasteiger charge is -2.10. The number of carbonyl (C=O) groups is 1. The van der Waals surface area contributed by atoms with Crippen molar-refractivity contribution in [2.24, 2.45) is 5.10 Å². The Bertz CT molecular complexity index is 1210. The van der Waals surface area contributed by atoms with Crippen LogP contribution in [-0.2, 0) is 22.7 Å². The van der Waals surface area contributed by atoms with Crippen LogP contribution in [0.1, 0.15) is 27.9 Å². The minimum Gasteiger partial charge on any atom is -0.489 e. The van der Waals surface area contributed by atoms with Gasteiger partial charge in [0.2, 0.25) is 5.88 Å². The summed E-state index contributed by atoms with van der Waals surface area (Å²) in [6, 6.07) is 18.5. The molecule has 8 nitrogen and oxygen atoms in total. The number of nitrogens with zero attached hydrogens (tertiary/aromatic N) is 3. The average Bonchev–Trinajstić information content (AvgIpc) is 2.83. The van der Waals surface area contributed by atoms with Gasteiger partial charge in [-0.2, -0.15) is 10.4 Å². The zero-order chi connectivity index (χ0) is 24.3. The van der Waals surface area contributed by atoms with Gasteiger partial charge in [0.25, 0.3) is 5.91 Å². The molecule has 0 spiro atoms. The Labute approximate surface area is 202 Å². The van der Waals surface area contributed by atoms with Gasteiger partial charge in [0, 0.05) is 23.4 Å². The number of pyridine rings is 1. The highest BCUT2D eigenvalue weighted by atomic mass is 35.5. The predicted molar refractivity (Wildman–Crippen MR) is 128 cm³/mol. The Morgan fingerprint density at radius 1 is 1.18 bits per heavy atom. The highest BCUT2D eigenvalue weighted by Gasteiger charge is 2.14. The number of aryl methyl sites for hydroxylation is 1.